The normalized spacial score (nSPS) is 11.0. The summed E-state index contributed by atoms with van der Waals surface area (Å²) >= 11 is 7.29. The topological polar surface area (TPSA) is 95.7 Å². The lowest BCUT2D eigenvalue weighted by molar-refractivity contribution is -0.385. The van der Waals surface area contributed by atoms with Crippen molar-refractivity contribution >= 4 is 33.6 Å². The first-order valence-corrected chi connectivity index (χ1v) is 7.12. The number of nitro groups is 1. The highest BCUT2D eigenvalue weighted by Gasteiger charge is 2.20. The summed E-state index contributed by atoms with van der Waals surface area (Å²) < 4.78 is 7.37. The Hall–Kier alpha value is -2.16. The lowest BCUT2D eigenvalue weighted by Gasteiger charge is -2.06. The first kappa shape index (κ1) is 13.8. The maximum Gasteiger partial charge on any atom is 0.311 e. The number of hydrogen-bond acceptors (Lipinski definition) is 6. The van der Waals surface area contributed by atoms with Gasteiger partial charge in [0.1, 0.15) is 5.69 Å². The molecule has 0 aliphatic heterocycles. The van der Waals surface area contributed by atoms with E-state index in [1.807, 2.05) is 11.6 Å². The molecule has 2 heterocycles. The van der Waals surface area contributed by atoms with E-state index in [1.165, 1.54) is 29.5 Å². The molecule has 0 saturated carbocycles. The van der Waals surface area contributed by atoms with Gasteiger partial charge in [-0.2, -0.15) is 4.98 Å². The zero-order valence-electron chi connectivity index (χ0n) is 10.5. The molecular formula is C12H9ClN4O3S. The van der Waals surface area contributed by atoms with Crippen LogP contribution in [0.2, 0.25) is 5.02 Å². The molecule has 7 nitrogen and oxygen atoms in total. The number of imidazole rings is 1. The summed E-state index contributed by atoms with van der Waals surface area (Å²) in [5.74, 6) is 0.280. The van der Waals surface area contributed by atoms with E-state index in [-0.39, 0.29) is 23.9 Å². The molecule has 3 aromatic rings. The standard InChI is InChI=1S/C12H9ClN4O3S/c13-7-1-2-8(17(18)19)10(5-7)20-11-9(6-14)16-3-4-21-12(16)15-11/h1-5H,6,14H2. The van der Waals surface area contributed by atoms with Gasteiger partial charge in [0.05, 0.1) is 4.92 Å². The molecule has 0 spiro atoms. The van der Waals surface area contributed by atoms with Gasteiger partial charge in [-0.3, -0.25) is 14.5 Å². The zero-order chi connectivity index (χ0) is 15.0. The van der Waals surface area contributed by atoms with E-state index in [1.54, 1.807) is 4.40 Å². The second-order valence-corrected chi connectivity index (χ2v) is 5.40. The van der Waals surface area contributed by atoms with Crippen molar-refractivity contribution in [3.63, 3.8) is 0 Å². The van der Waals surface area contributed by atoms with Gasteiger partial charge in [0, 0.05) is 35.3 Å². The molecule has 0 aliphatic carbocycles. The van der Waals surface area contributed by atoms with Crippen LogP contribution in [-0.2, 0) is 6.54 Å². The van der Waals surface area contributed by atoms with E-state index in [0.717, 1.165) is 0 Å². The van der Waals surface area contributed by atoms with Crippen LogP contribution in [0.1, 0.15) is 5.69 Å². The fraction of sp³-hybridized carbons (Fsp3) is 0.0833. The third-order valence-electron chi connectivity index (χ3n) is 2.84. The van der Waals surface area contributed by atoms with Crippen molar-refractivity contribution in [2.45, 2.75) is 6.54 Å². The Bertz CT molecular complexity index is 829. The van der Waals surface area contributed by atoms with Crippen LogP contribution in [0.3, 0.4) is 0 Å². The quantitative estimate of drug-likeness (QED) is 0.587. The van der Waals surface area contributed by atoms with Crippen molar-refractivity contribution in [1.29, 1.82) is 0 Å². The number of nitrogens with two attached hydrogens (primary N) is 1. The number of benzene rings is 1. The van der Waals surface area contributed by atoms with E-state index < -0.39 is 4.92 Å². The Morgan fingerprint density at radius 3 is 3.05 bits per heavy atom. The van der Waals surface area contributed by atoms with Gasteiger partial charge in [0.15, 0.2) is 4.96 Å². The molecule has 0 bridgehead atoms. The highest BCUT2D eigenvalue weighted by atomic mass is 35.5. The maximum atomic E-state index is 11.0. The number of nitro benzene ring substituents is 1. The first-order chi connectivity index (χ1) is 10.1. The number of halogens is 1. The summed E-state index contributed by atoms with van der Waals surface area (Å²) in [5.41, 5.74) is 6.16. The number of fused-ring (bicyclic) bond motifs is 1. The Morgan fingerprint density at radius 2 is 2.33 bits per heavy atom. The van der Waals surface area contributed by atoms with E-state index >= 15 is 0 Å². The highest BCUT2D eigenvalue weighted by molar-refractivity contribution is 7.15. The molecule has 21 heavy (non-hydrogen) atoms. The third kappa shape index (κ3) is 2.44. The number of hydrogen-bond donors (Lipinski definition) is 1. The number of nitrogens with zero attached hydrogens (tertiary/aromatic N) is 3. The molecule has 0 unspecified atom stereocenters. The van der Waals surface area contributed by atoms with Crippen LogP contribution in [0, 0.1) is 10.1 Å². The van der Waals surface area contributed by atoms with Crippen molar-refractivity contribution in [3.05, 3.63) is 50.6 Å². The molecule has 3 rings (SSSR count). The SMILES string of the molecule is NCc1c(Oc2cc(Cl)ccc2[N+](=O)[O-])nc2sccn12. The largest absolute Gasteiger partial charge is 0.430 e. The van der Waals surface area contributed by atoms with Crippen LogP contribution in [0.5, 0.6) is 11.6 Å². The average Bonchev–Trinajstić information content (AvgIpc) is 2.98. The molecule has 0 amide bonds. The van der Waals surface area contributed by atoms with Gasteiger partial charge in [0.25, 0.3) is 0 Å². The summed E-state index contributed by atoms with van der Waals surface area (Å²) in [6.45, 7) is 0.196. The molecule has 0 fully saturated rings. The van der Waals surface area contributed by atoms with Gasteiger partial charge < -0.3 is 10.5 Å². The second-order valence-electron chi connectivity index (χ2n) is 4.09. The molecule has 2 N–H and O–H groups in total. The fourth-order valence-corrected chi connectivity index (χ4v) is 2.79. The van der Waals surface area contributed by atoms with Crippen LogP contribution >= 0.6 is 22.9 Å². The Balaban J connectivity index is 2.07. The summed E-state index contributed by atoms with van der Waals surface area (Å²) in [6, 6.07) is 4.10. The van der Waals surface area contributed by atoms with Gasteiger partial charge in [0.2, 0.25) is 11.6 Å². The van der Waals surface area contributed by atoms with Crippen molar-refractivity contribution < 1.29 is 9.66 Å². The van der Waals surface area contributed by atoms with Gasteiger partial charge in [-0.05, 0) is 6.07 Å². The number of ether oxygens (including phenoxy) is 1. The maximum absolute atomic E-state index is 11.0. The van der Waals surface area contributed by atoms with E-state index in [2.05, 4.69) is 4.98 Å². The lowest BCUT2D eigenvalue weighted by Crippen LogP contribution is -2.02. The van der Waals surface area contributed by atoms with Gasteiger partial charge in [-0.1, -0.05) is 11.6 Å². The monoisotopic (exact) mass is 324 g/mol. The van der Waals surface area contributed by atoms with E-state index in [0.29, 0.717) is 15.7 Å². The molecular weight excluding hydrogens is 316 g/mol. The van der Waals surface area contributed by atoms with E-state index in [4.69, 9.17) is 22.1 Å². The van der Waals surface area contributed by atoms with Crippen LogP contribution < -0.4 is 10.5 Å². The summed E-state index contributed by atoms with van der Waals surface area (Å²) in [6.07, 6.45) is 1.81. The molecule has 1 aromatic carbocycles. The lowest BCUT2D eigenvalue weighted by atomic mass is 10.3. The summed E-state index contributed by atoms with van der Waals surface area (Å²) in [4.78, 5) is 15.5. The second kappa shape index (κ2) is 5.32. The summed E-state index contributed by atoms with van der Waals surface area (Å²) in [5, 5.41) is 13.2. The van der Waals surface area contributed by atoms with Crippen molar-refractivity contribution in [1.82, 2.24) is 9.38 Å². The number of aromatic nitrogens is 2. The van der Waals surface area contributed by atoms with Gasteiger partial charge in [-0.15, -0.1) is 11.3 Å². The Kier molecular flexibility index (Phi) is 3.50. The predicted molar refractivity (Wildman–Crippen MR) is 79.1 cm³/mol. The molecule has 0 saturated heterocycles. The van der Waals surface area contributed by atoms with Gasteiger partial charge in [-0.25, -0.2) is 0 Å². The average molecular weight is 325 g/mol. The minimum Gasteiger partial charge on any atom is -0.430 e. The molecule has 0 atom stereocenters. The van der Waals surface area contributed by atoms with Crippen LogP contribution in [0.25, 0.3) is 4.96 Å². The zero-order valence-corrected chi connectivity index (χ0v) is 12.1. The van der Waals surface area contributed by atoms with Gasteiger partial charge >= 0.3 is 5.69 Å². The molecule has 0 radical (unpaired) electrons. The van der Waals surface area contributed by atoms with Crippen LogP contribution in [0.15, 0.2) is 29.8 Å². The van der Waals surface area contributed by atoms with Crippen LogP contribution in [-0.4, -0.2) is 14.3 Å². The van der Waals surface area contributed by atoms with Crippen molar-refractivity contribution in [3.8, 4) is 11.6 Å². The first-order valence-electron chi connectivity index (χ1n) is 5.86. The molecule has 2 aromatic heterocycles. The molecule has 9 heteroatoms. The molecule has 0 aliphatic rings. The molecule has 108 valence electrons. The third-order valence-corrected chi connectivity index (χ3v) is 3.83. The minimum atomic E-state index is -0.536. The van der Waals surface area contributed by atoms with Crippen molar-refractivity contribution in [2.75, 3.05) is 0 Å². The highest BCUT2D eigenvalue weighted by Crippen LogP contribution is 2.35. The predicted octanol–water partition coefficient (Wildman–Crippen LogP) is 3.21. The number of rotatable bonds is 4. The van der Waals surface area contributed by atoms with E-state index in [9.17, 15) is 10.1 Å². The Morgan fingerprint density at radius 1 is 1.52 bits per heavy atom. The Labute approximate surface area is 127 Å². The summed E-state index contributed by atoms with van der Waals surface area (Å²) in [7, 11) is 0. The van der Waals surface area contributed by atoms with Crippen LogP contribution in [0.4, 0.5) is 5.69 Å². The number of thiazole rings is 1. The fourth-order valence-electron chi connectivity index (χ4n) is 1.90. The minimum absolute atomic E-state index is 0.0351. The smallest absolute Gasteiger partial charge is 0.311 e. The van der Waals surface area contributed by atoms with Crippen molar-refractivity contribution in [2.24, 2.45) is 5.73 Å².